The standard InChI is InChI=1S/C18H15N5S/c1-13-7-5-6-10-16(13)17-20-22-23(21-17)11-15-12-24-18(19-15)14-8-3-2-4-9-14/h2-10,12H,11H2,1H3. The van der Waals surface area contributed by atoms with Gasteiger partial charge in [0.2, 0.25) is 5.82 Å². The van der Waals surface area contributed by atoms with E-state index in [2.05, 4.69) is 32.5 Å². The zero-order valence-corrected chi connectivity index (χ0v) is 13.9. The summed E-state index contributed by atoms with van der Waals surface area (Å²) in [5.41, 5.74) is 4.21. The molecule has 0 saturated heterocycles. The molecule has 4 rings (SSSR count). The molecular weight excluding hydrogens is 318 g/mol. The fraction of sp³-hybridized carbons (Fsp3) is 0.111. The Kier molecular flexibility index (Phi) is 3.88. The van der Waals surface area contributed by atoms with Gasteiger partial charge in [-0.1, -0.05) is 54.6 Å². The van der Waals surface area contributed by atoms with Crippen molar-refractivity contribution in [3.8, 4) is 22.0 Å². The third kappa shape index (κ3) is 2.96. The van der Waals surface area contributed by atoms with Crippen LogP contribution in [0.3, 0.4) is 0 Å². The number of thiazole rings is 1. The summed E-state index contributed by atoms with van der Waals surface area (Å²) in [6.45, 7) is 2.56. The molecule has 0 amide bonds. The summed E-state index contributed by atoms with van der Waals surface area (Å²) >= 11 is 1.63. The summed E-state index contributed by atoms with van der Waals surface area (Å²) in [6.07, 6.45) is 0. The van der Waals surface area contributed by atoms with E-state index >= 15 is 0 Å². The minimum Gasteiger partial charge on any atom is -0.239 e. The fourth-order valence-corrected chi connectivity index (χ4v) is 3.30. The summed E-state index contributed by atoms with van der Waals surface area (Å²) in [6, 6.07) is 18.2. The van der Waals surface area contributed by atoms with E-state index in [0.29, 0.717) is 12.4 Å². The van der Waals surface area contributed by atoms with Crippen LogP contribution < -0.4 is 0 Å². The van der Waals surface area contributed by atoms with Crippen molar-refractivity contribution in [3.63, 3.8) is 0 Å². The summed E-state index contributed by atoms with van der Waals surface area (Å²) in [7, 11) is 0. The van der Waals surface area contributed by atoms with Crippen molar-refractivity contribution >= 4 is 11.3 Å². The minimum absolute atomic E-state index is 0.516. The van der Waals surface area contributed by atoms with E-state index in [-0.39, 0.29) is 0 Å². The highest BCUT2D eigenvalue weighted by molar-refractivity contribution is 7.13. The van der Waals surface area contributed by atoms with Crippen LogP contribution in [-0.4, -0.2) is 25.2 Å². The second-order valence-corrected chi connectivity index (χ2v) is 6.33. The molecule has 0 spiro atoms. The van der Waals surface area contributed by atoms with Crippen LogP contribution in [0, 0.1) is 6.92 Å². The molecule has 0 N–H and O–H groups in total. The number of benzene rings is 2. The number of rotatable bonds is 4. The van der Waals surface area contributed by atoms with E-state index in [1.54, 1.807) is 16.1 Å². The SMILES string of the molecule is Cc1ccccc1-c1nnn(Cc2csc(-c3ccccc3)n2)n1. The lowest BCUT2D eigenvalue weighted by molar-refractivity contribution is 0.566. The van der Waals surface area contributed by atoms with Crippen LogP contribution in [0.2, 0.25) is 0 Å². The van der Waals surface area contributed by atoms with E-state index in [1.807, 2.05) is 54.8 Å². The maximum atomic E-state index is 4.67. The van der Waals surface area contributed by atoms with Crippen molar-refractivity contribution in [2.45, 2.75) is 13.5 Å². The molecule has 24 heavy (non-hydrogen) atoms. The molecule has 0 bridgehead atoms. The zero-order valence-electron chi connectivity index (χ0n) is 13.1. The Hall–Kier alpha value is -2.86. The number of tetrazole rings is 1. The highest BCUT2D eigenvalue weighted by Crippen LogP contribution is 2.23. The molecule has 2 heterocycles. The summed E-state index contributed by atoms with van der Waals surface area (Å²) in [5, 5.41) is 15.8. The maximum Gasteiger partial charge on any atom is 0.205 e. The first-order valence-corrected chi connectivity index (χ1v) is 8.51. The van der Waals surface area contributed by atoms with Crippen LogP contribution in [0.25, 0.3) is 22.0 Å². The Labute approximate surface area is 143 Å². The van der Waals surface area contributed by atoms with Crippen molar-refractivity contribution in [1.29, 1.82) is 0 Å². The lowest BCUT2D eigenvalue weighted by atomic mass is 10.1. The van der Waals surface area contributed by atoms with Gasteiger partial charge in [0.1, 0.15) is 11.6 Å². The third-order valence-electron chi connectivity index (χ3n) is 3.71. The number of hydrogen-bond acceptors (Lipinski definition) is 5. The lowest BCUT2D eigenvalue weighted by Crippen LogP contribution is -2.04. The smallest absolute Gasteiger partial charge is 0.205 e. The Balaban J connectivity index is 1.55. The van der Waals surface area contributed by atoms with Crippen molar-refractivity contribution in [1.82, 2.24) is 25.2 Å². The normalized spacial score (nSPS) is 10.9. The average molecular weight is 333 g/mol. The molecule has 0 unspecified atom stereocenters. The number of hydrogen-bond donors (Lipinski definition) is 0. The molecule has 2 aromatic heterocycles. The van der Waals surface area contributed by atoms with Gasteiger partial charge < -0.3 is 0 Å². The molecule has 0 aliphatic carbocycles. The van der Waals surface area contributed by atoms with Gasteiger partial charge in [-0.25, -0.2) is 4.98 Å². The molecule has 6 heteroatoms. The first-order chi connectivity index (χ1) is 11.8. The molecule has 4 aromatic rings. The van der Waals surface area contributed by atoms with E-state index in [9.17, 15) is 0 Å². The van der Waals surface area contributed by atoms with Crippen molar-refractivity contribution < 1.29 is 0 Å². The van der Waals surface area contributed by atoms with Crippen LogP contribution in [0.15, 0.2) is 60.0 Å². The van der Waals surface area contributed by atoms with Gasteiger partial charge in [0.05, 0.1) is 5.69 Å². The van der Waals surface area contributed by atoms with Crippen molar-refractivity contribution in [2.75, 3.05) is 0 Å². The second-order valence-electron chi connectivity index (χ2n) is 5.47. The molecule has 0 fully saturated rings. The van der Waals surface area contributed by atoms with Crippen molar-refractivity contribution in [3.05, 3.63) is 71.2 Å². The monoisotopic (exact) mass is 333 g/mol. The van der Waals surface area contributed by atoms with Gasteiger partial charge in [0.15, 0.2) is 0 Å². The van der Waals surface area contributed by atoms with Gasteiger partial charge in [-0.05, 0) is 17.7 Å². The van der Waals surface area contributed by atoms with Gasteiger partial charge in [-0.3, -0.25) is 0 Å². The Morgan fingerprint density at radius 1 is 1.00 bits per heavy atom. The van der Waals surface area contributed by atoms with E-state index in [4.69, 9.17) is 0 Å². The lowest BCUT2D eigenvalue weighted by Gasteiger charge is -1.98. The summed E-state index contributed by atoms with van der Waals surface area (Å²) in [4.78, 5) is 6.25. The molecule has 2 aromatic carbocycles. The summed E-state index contributed by atoms with van der Waals surface area (Å²) < 4.78 is 0. The van der Waals surface area contributed by atoms with E-state index in [1.165, 1.54) is 0 Å². The highest BCUT2D eigenvalue weighted by atomic mass is 32.1. The predicted molar refractivity (Wildman–Crippen MR) is 94.6 cm³/mol. The number of aromatic nitrogens is 5. The van der Waals surface area contributed by atoms with Crippen LogP contribution in [0.5, 0.6) is 0 Å². The van der Waals surface area contributed by atoms with Gasteiger partial charge in [0, 0.05) is 16.5 Å². The van der Waals surface area contributed by atoms with Crippen LogP contribution in [0.1, 0.15) is 11.3 Å². The van der Waals surface area contributed by atoms with E-state index < -0.39 is 0 Å². The quantitative estimate of drug-likeness (QED) is 0.570. The maximum absolute atomic E-state index is 4.67. The molecule has 0 aliphatic rings. The van der Waals surface area contributed by atoms with Gasteiger partial charge in [0.25, 0.3) is 0 Å². The molecule has 0 atom stereocenters. The Morgan fingerprint density at radius 2 is 1.79 bits per heavy atom. The first kappa shape index (κ1) is 14.7. The molecule has 118 valence electrons. The molecular formula is C18H15N5S. The highest BCUT2D eigenvalue weighted by Gasteiger charge is 2.10. The minimum atomic E-state index is 0.516. The van der Waals surface area contributed by atoms with Gasteiger partial charge >= 0.3 is 0 Å². The molecule has 0 aliphatic heterocycles. The Bertz CT molecular complexity index is 958. The first-order valence-electron chi connectivity index (χ1n) is 7.63. The molecule has 0 saturated carbocycles. The predicted octanol–water partition coefficient (Wildman–Crippen LogP) is 3.82. The molecule has 5 nitrogen and oxygen atoms in total. The summed E-state index contributed by atoms with van der Waals surface area (Å²) in [5.74, 6) is 0.645. The topological polar surface area (TPSA) is 56.5 Å². The average Bonchev–Trinajstić information content (AvgIpc) is 3.26. The fourth-order valence-electron chi connectivity index (χ4n) is 2.48. The van der Waals surface area contributed by atoms with E-state index in [0.717, 1.165) is 27.4 Å². The number of nitrogens with zero attached hydrogens (tertiary/aromatic N) is 5. The van der Waals surface area contributed by atoms with Crippen LogP contribution in [0.4, 0.5) is 0 Å². The van der Waals surface area contributed by atoms with Gasteiger partial charge in [-0.15, -0.1) is 21.5 Å². The van der Waals surface area contributed by atoms with Crippen LogP contribution >= 0.6 is 11.3 Å². The second kappa shape index (κ2) is 6.33. The molecule has 0 radical (unpaired) electrons. The van der Waals surface area contributed by atoms with Gasteiger partial charge in [-0.2, -0.15) is 4.80 Å². The largest absolute Gasteiger partial charge is 0.239 e. The Morgan fingerprint density at radius 3 is 2.62 bits per heavy atom. The third-order valence-corrected chi connectivity index (χ3v) is 4.65. The van der Waals surface area contributed by atoms with Crippen molar-refractivity contribution in [2.24, 2.45) is 0 Å². The number of aryl methyl sites for hydroxylation is 1. The van der Waals surface area contributed by atoms with Crippen LogP contribution in [-0.2, 0) is 6.54 Å². The zero-order chi connectivity index (χ0) is 16.4.